The second-order valence-electron chi connectivity index (χ2n) is 5.81. The summed E-state index contributed by atoms with van der Waals surface area (Å²) in [4.78, 5) is 2.44. The summed E-state index contributed by atoms with van der Waals surface area (Å²) in [5, 5.41) is 8.64. The monoisotopic (exact) mass is 180 g/mol. The second kappa shape index (κ2) is 3.31. The van der Waals surface area contributed by atoms with Crippen molar-refractivity contribution in [2.45, 2.75) is 34.1 Å². The van der Waals surface area contributed by atoms with Gasteiger partial charge < -0.3 is 4.90 Å². The number of rotatable bonds is 3. The summed E-state index contributed by atoms with van der Waals surface area (Å²) in [5.74, 6) is 0. The highest BCUT2D eigenvalue weighted by Crippen LogP contribution is 2.32. The third kappa shape index (κ3) is 3.00. The van der Waals surface area contributed by atoms with Crippen LogP contribution in [-0.4, -0.2) is 24.5 Å². The van der Waals surface area contributed by atoms with Gasteiger partial charge in [-0.1, -0.05) is 27.7 Å². The number of likely N-dealkylation sites (tertiary alicyclic amines) is 1. The highest BCUT2D eigenvalue weighted by Gasteiger charge is 2.36. The zero-order valence-corrected chi connectivity index (χ0v) is 9.22. The summed E-state index contributed by atoms with van der Waals surface area (Å²) in [5.41, 5.74) is 0.661. The highest BCUT2D eigenvalue weighted by atomic mass is 15.2. The Balaban J connectivity index is 2.31. The Labute approximate surface area is 81.5 Å². The molecule has 0 unspecified atom stereocenters. The smallest absolute Gasteiger partial charge is 0.0627 e. The molecule has 0 aromatic heterocycles. The zero-order valence-electron chi connectivity index (χ0n) is 9.22. The highest BCUT2D eigenvalue weighted by molar-refractivity contribution is 4.92. The molecule has 1 heterocycles. The van der Waals surface area contributed by atoms with Crippen LogP contribution in [0.3, 0.4) is 0 Å². The lowest BCUT2D eigenvalue weighted by Crippen LogP contribution is -2.55. The lowest BCUT2D eigenvalue weighted by atomic mass is 9.81. The van der Waals surface area contributed by atoms with Crippen molar-refractivity contribution in [2.75, 3.05) is 19.6 Å². The predicted molar refractivity (Wildman–Crippen MR) is 54.2 cm³/mol. The summed E-state index contributed by atoms with van der Waals surface area (Å²) in [6, 6.07) is 2.26. The molecule has 0 amide bonds. The van der Waals surface area contributed by atoms with Crippen LogP contribution < -0.4 is 0 Å². The molecule has 0 spiro atoms. The number of nitrogens with zero attached hydrogens (tertiary/aromatic N) is 2. The van der Waals surface area contributed by atoms with Gasteiger partial charge in [0, 0.05) is 26.1 Å². The van der Waals surface area contributed by atoms with Gasteiger partial charge in [-0.3, -0.25) is 0 Å². The Morgan fingerprint density at radius 3 is 2.31 bits per heavy atom. The largest absolute Gasteiger partial charge is 0.302 e. The number of hydrogen-bond donors (Lipinski definition) is 0. The summed E-state index contributed by atoms with van der Waals surface area (Å²) in [6.45, 7) is 12.3. The molecule has 1 rings (SSSR count). The van der Waals surface area contributed by atoms with E-state index in [4.69, 9.17) is 5.26 Å². The van der Waals surface area contributed by atoms with Gasteiger partial charge in [-0.2, -0.15) is 5.26 Å². The average molecular weight is 180 g/mol. The molecule has 0 aromatic rings. The molecule has 2 nitrogen and oxygen atoms in total. The molecule has 0 atom stereocenters. The first-order chi connectivity index (χ1) is 5.85. The summed E-state index contributed by atoms with van der Waals surface area (Å²) in [6.07, 6.45) is 0.657. The third-order valence-electron chi connectivity index (χ3n) is 2.51. The standard InChI is InChI=1S/C11H20N2/c1-10(2,5-6-12)7-13-8-11(3,4)9-13/h5,7-9H2,1-4H3. The van der Waals surface area contributed by atoms with E-state index in [9.17, 15) is 0 Å². The van der Waals surface area contributed by atoms with Crippen molar-refractivity contribution >= 4 is 0 Å². The fourth-order valence-electron chi connectivity index (χ4n) is 2.15. The van der Waals surface area contributed by atoms with Crippen molar-refractivity contribution in [1.29, 1.82) is 5.26 Å². The number of nitriles is 1. The fraction of sp³-hybridized carbons (Fsp3) is 0.909. The molecule has 1 aliphatic rings. The van der Waals surface area contributed by atoms with E-state index in [1.54, 1.807) is 0 Å². The lowest BCUT2D eigenvalue weighted by Gasteiger charge is -2.48. The van der Waals surface area contributed by atoms with Crippen LogP contribution >= 0.6 is 0 Å². The fourth-order valence-corrected chi connectivity index (χ4v) is 2.15. The normalized spacial score (nSPS) is 22.1. The SMILES string of the molecule is CC(C)(CC#N)CN1CC(C)(C)C1. The first-order valence-electron chi connectivity index (χ1n) is 4.94. The molecule has 0 bridgehead atoms. The van der Waals surface area contributed by atoms with Gasteiger partial charge in [0.15, 0.2) is 0 Å². The molecule has 1 saturated heterocycles. The van der Waals surface area contributed by atoms with Crippen LogP contribution in [0.2, 0.25) is 0 Å². The summed E-state index contributed by atoms with van der Waals surface area (Å²) >= 11 is 0. The Morgan fingerprint density at radius 2 is 1.92 bits per heavy atom. The predicted octanol–water partition coefficient (Wildman–Crippen LogP) is 2.27. The molecule has 0 radical (unpaired) electrons. The molecular weight excluding hydrogens is 160 g/mol. The molecule has 2 heteroatoms. The van der Waals surface area contributed by atoms with Gasteiger partial charge in [-0.15, -0.1) is 0 Å². The van der Waals surface area contributed by atoms with Crippen LogP contribution in [0, 0.1) is 22.2 Å². The Morgan fingerprint density at radius 1 is 1.38 bits per heavy atom. The van der Waals surface area contributed by atoms with Crippen molar-refractivity contribution in [3.63, 3.8) is 0 Å². The van der Waals surface area contributed by atoms with E-state index >= 15 is 0 Å². The molecule has 1 aliphatic heterocycles. The summed E-state index contributed by atoms with van der Waals surface area (Å²) in [7, 11) is 0. The van der Waals surface area contributed by atoms with Gasteiger partial charge in [0.2, 0.25) is 0 Å². The van der Waals surface area contributed by atoms with E-state index in [0.717, 1.165) is 6.54 Å². The lowest BCUT2D eigenvalue weighted by molar-refractivity contribution is 0.00377. The van der Waals surface area contributed by atoms with Crippen LogP contribution in [0.5, 0.6) is 0 Å². The van der Waals surface area contributed by atoms with Gasteiger partial charge in [-0.25, -0.2) is 0 Å². The molecule has 0 saturated carbocycles. The minimum atomic E-state index is 0.158. The third-order valence-corrected chi connectivity index (χ3v) is 2.51. The molecule has 1 fully saturated rings. The van der Waals surface area contributed by atoms with Crippen LogP contribution in [0.15, 0.2) is 0 Å². The van der Waals surface area contributed by atoms with Crippen LogP contribution in [0.4, 0.5) is 0 Å². The molecule has 0 N–H and O–H groups in total. The topological polar surface area (TPSA) is 27.0 Å². The van der Waals surface area contributed by atoms with E-state index < -0.39 is 0 Å². The van der Waals surface area contributed by atoms with Gasteiger partial charge in [0.25, 0.3) is 0 Å². The first-order valence-corrected chi connectivity index (χ1v) is 4.94. The minimum absolute atomic E-state index is 0.158. The maximum Gasteiger partial charge on any atom is 0.0627 e. The van der Waals surface area contributed by atoms with Crippen molar-refractivity contribution < 1.29 is 0 Å². The van der Waals surface area contributed by atoms with Crippen molar-refractivity contribution in [3.8, 4) is 6.07 Å². The maximum absolute atomic E-state index is 8.64. The quantitative estimate of drug-likeness (QED) is 0.666. The average Bonchev–Trinajstić information content (AvgIpc) is 1.80. The van der Waals surface area contributed by atoms with Crippen LogP contribution in [-0.2, 0) is 0 Å². The zero-order chi connectivity index (χ0) is 10.1. The van der Waals surface area contributed by atoms with E-state index in [1.165, 1.54) is 13.1 Å². The van der Waals surface area contributed by atoms with Gasteiger partial charge in [0.05, 0.1) is 6.07 Å². The Bertz CT molecular complexity index is 215. The first kappa shape index (κ1) is 10.5. The van der Waals surface area contributed by atoms with Crippen molar-refractivity contribution in [2.24, 2.45) is 10.8 Å². The minimum Gasteiger partial charge on any atom is -0.302 e. The van der Waals surface area contributed by atoms with Gasteiger partial charge in [-0.05, 0) is 10.8 Å². The van der Waals surface area contributed by atoms with Crippen LogP contribution in [0.1, 0.15) is 34.1 Å². The molecular formula is C11H20N2. The molecule has 74 valence electrons. The summed E-state index contributed by atoms with van der Waals surface area (Å²) < 4.78 is 0. The van der Waals surface area contributed by atoms with Crippen molar-refractivity contribution in [1.82, 2.24) is 4.90 Å². The second-order valence-corrected chi connectivity index (χ2v) is 5.81. The van der Waals surface area contributed by atoms with Gasteiger partial charge >= 0.3 is 0 Å². The van der Waals surface area contributed by atoms with Gasteiger partial charge in [0.1, 0.15) is 0 Å². The molecule has 13 heavy (non-hydrogen) atoms. The Kier molecular flexibility index (Phi) is 2.68. The van der Waals surface area contributed by atoms with E-state index in [2.05, 4.69) is 38.7 Å². The Hall–Kier alpha value is -0.550. The van der Waals surface area contributed by atoms with Crippen LogP contribution in [0.25, 0.3) is 0 Å². The van der Waals surface area contributed by atoms with E-state index in [0.29, 0.717) is 11.8 Å². The van der Waals surface area contributed by atoms with E-state index in [1.807, 2.05) is 0 Å². The molecule has 0 aliphatic carbocycles. The maximum atomic E-state index is 8.64. The number of hydrogen-bond acceptors (Lipinski definition) is 2. The van der Waals surface area contributed by atoms with Crippen molar-refractivity contribution in [3.05, 3.63) is 0 Å². The van der Waals surface area contributed by atoms with E-state index in [-0.39, 0.29) is 5.41 Å². The molecule has 0 aromatic carbocycles.